The molecule has 0 saturated carbocycles. The van der Waals surface area contributed by atoms with Crippen LogP contribution in [0.2, 0.25) is 0 Å². The lowest BCUT2D eigenvalue weighted by Gasteiger charge is -2.08. The van der Waals surface area contributed by atoms with E-state index in [0.717, 1.165) is 23.5 Å². The molecule has 17 heavy (non-hydrogen) atoms. The summed E-state index contributed by atoms with van der Waals surface area (Å²) >= 11 is 0. The third kappa shape index (κ3) is 2.44. The van der Waals surface area contributed by atoms with E-state index in [1.807, 2.05) is 6.07 Å². The molecule has 0 aliphatic rings. The van der Waals surface area contributed by atoms with Gasteiger partial charge in [-0.3, -0.25) is 0 Å². The second-order valence-electron chi connectivity index (χ2n) is 4.28. The molecule has 2 aromatic rings. The highest BCUT2D eigenvalue weighted by atomic mass is 14.9. The Labute approximate surface area is 102 Å². The minimum atomic E-state index is 0.534. The Kier molecular flexibility index (Phi) is 3.09. The number of aryl methyl sites for hydroxylation is 3. The quantitative estimate of drug-likeness (QED) is 0.858. The number of anilines is 1. The van der Waals surface area contributed by atoms with Crippen LogP contribution in [-0.2, 0) is 6.42 Å². The summed E-state index contributed by atoms with van der Waals surface area (Å²) in [6.07, 6.45) is 0.866. The molecule has 0 bridgehead atoms. The number of aromatic nitrogens is 2. The number of nitrogen functional groups attached to an aromatic ring is 1. The first-order valence-electron chi connectivity index (χ1n) is 5.81. The Hall–Kier alpha value is -1.90. The lowest BCUT2D eigenvalue weighted by Crippen LogP contribution is -2.00. The maximum atomic E-state index is 5.80. The fourth-order valence-electron chi connectivity index (χ4n) is 1.88. The molecule has 0 fully saturated rings. The number of nitrogens with two attached hydrogens (primary N) is 1. The van der Waals surface area contributed by atoms with Crippen LogP contribution in [0.3, 0.4) is 0 Å². The monoisotopic (exact) mass is 227 g/mol. The van der Waals surface area contributed by atoms with Gasteiger partial charge >= 0.3 is 0 Å². The van der Waals surface area contributed by atoms with Gasteiger partial charge in [-0.15, -0.1) is 0 Å². The maximum Gasteiger partial charge on any atom is 0.162 e. The van der Waals surface area contributed by atoms with Crippen molar-refractivity contribution in [1.82, 2.24) is 9.97 Å². The number of benzene rings is 1. The second kappa shape index (κ2) is 4.53. The molecule has 0 aliphatic heterocycles. The van der Waals surface area contributed by atoms with Crippen molar-refractivity contribution < 1.29 is 0 Å². The van der Waals surface area contributed by atoms with Gasteiger partial charge in [-0.05, 0) is 25.8 Å². The van der Waals surface area contributed by atoms with Crippen molar-refractivity contribution in [3.8, 4) is 11.4 Å². The molecule has 0 unspecified atom stereocenters. The molecule has 0 spiro atoms. The average molecular weight is 227 g/mol. The third-order valence-electron chi connectivity index (χ3n) is 2.78. The van der Waals surface area contributed by atoms with E-state index in [9.17, 15) is 0 Å². The van der Waals surface area contributed by atoms with Gasteiger partial charge in [0.2, 0.25) is 0 Å². The summed E-state index contributed by atoms with van der Waals surface area (Å²) in [5, 5.41) is 0. The molecule has 2 N–H and O–H groups in total. The molecule has 3 heteroatoms. The number of hydrogen-bond acceptors (Lipinski definition) is 3. The Bertz CT molecular complexity index is 547. The van der Waals surface area contributed by atoms with Crippen molar-refractivity contribution in [2.75, 3.05) is 5.73 Å². The third-order valence-corrected chi connectivity index (χ3v) is 2.78. The fourth-order valence-corrected chi connectivity index (χ4v) is 1.88. The van der Waals surface area contributed by atoms with E-state index in [-0.39, 0.29) is 0 Å². The molecule has 2 rings (SSSR count). The van der Waals surface area contributed by atoms with E-state index in [1.165, 1.54) is 11.1 Å². The Morgan fingerprint density at radius 3 is 2.53 bits per heavy atom. The first-order chi connectivity index (χ1) is 8.10. The minimum Gasteiger partial charge on any atom is -0.384 e. The summed E-state index contributed by atoms with van der Waals surface area (Å²) in [6, 6.07) is 8.08. The van der Waals surface area contributed by atoms with Crippen molar-refractivity contribution in [3.63, 3.8) is 0 Å². The summed E-state index contributed by atoms with van der Waals surface area (Å²) in [5.74, 6) is 1.26. The van der Waals surface area contributed by atoms with E-state index < -0.39 is 0 Å². The minimum absolute atomic E-state index is 0.534. The van der Waals surface area contributed by atoms with Crippen LogP contribution in [0, 0.1) is 13.8 Å². The molecular formula is C14H17N3. The zero-order chi connectivity index (χ0) is 12.4. The summed E-state index contributed by atoms with van der Waals surface area (Å²) in [7, 11) is 0. The van der Waals surface area contributed by atoms with Gasteiger partial charge in [0.25, 0.3) is 0 Å². The maximum absolute atomic E-state index is 5.80. The number of nitrogens with zero attached hydrogens (tertiary/aromatic N) is 2. The van der Waals surface area contributed by atoms with Crippen LogP contribution in [0.1, 0.15) is 23.7 Å². The first-order valence-corrected chi connectivity index (χ1v) is 5.81. The van der Waals surface area contributed by atoms with Gasteiger partial charge in [-0.1, -0.05) is 30.7 Å². The van der Waals surface area contributed by atoms with Gasteiger partial charge < -0.3 is 5.73 Å². The Balaban J connectivity index is 2.55. The van der Waals surface area contributed by atoms with Crippen molar-refractivity contribution in [2.45, 2.75) is 27.2 Å². The van der Waals surface area contributed by atoms with E-state index in [0.29, 0.717) is 5.82 Å². The second-order valence-corrected chi connectivity index (χ2v) is 4.28. The molecule has 0 aliphatic carbocycles. The lowest BCUT2D eigenvalue weighted by molar-refractivity contribution is 1.01. The highest BCUT2D eigenvalue weighted by Crippen LogP contribution is 2.22. The normalized spacial score (nSPS) is 10.5. The smallest absolute Gasteiger partial charge is 0.162 e. The van der Waals surface area contributed by atoms with E-state index in [4.69, 9.17) is 5.73 Å². The van der Waals surface area contributed by atoms with Crippen LogP contribution in [0.5, 0.6) is 0 Å². The molecule has 0 amide bonds. The largest absolute Gasteiger partial charge is 0.384 e. The summed E-state index contributed by atoms with van der Waals surface area (Å²) < 4.78 is 0. The van der Waals surface area contributed by atoms with E-state index in [1.54, 1.807) is 0 Å². The van der Waals surface area contributed by atoms with Crippen LogP contribution < -0.4 is 5.73 Å². The highest BCUT2D eigenvalue weighted by molar-refractivity contribution is 5.62. The van der Waals surface area contributed by atoms with E-state index >= 15 is 0 Å². The molecule has 0 saturated heterocycles. The molecule has 0 atom stereocenters. The predicted octanol–water partition coefficient (Wildman–Crippen LogP) is 2.91. The zero-order valence-electron chi connectivity index (χ0n) is 10.5. The number of rotatable bonds is 2. The highest BCUT2D eigenvalue weighted by Gasteiger charge is 2.07. The summed E-state index contributed by atoms with van der Waals surface area (Å²) in [4.78, 5) is 8.83. The molecule has 1 aromatic carbocycles. The van der Waals surface area contributed by atoms with Gasteiger partial charge in [-0.25, -0.2) is 9.97 Å². The van der Waals surface area contributed by atoms with Gasteiger partial charge in [0.1, 0.15) is 5.82 Å². The van der Waals surface area contributed by atoms with Crippen LogP contribution in [0.4, 0.5) is 5.82 Å². The Morgan fingerprint density at radius 2 is 1.88 bits per heavy atom. The lowest BCUT2D eigenvalue weighted by atomic mass is 10.1. The SMILES string of the molecule is CCc1cc(N)nc(-c2ccc(C)cc2C)n1. The van der Waals surface area contributed by atoms with Crippen LogP contribution in [0.15, 0.2) is 24.3 Å². The standard InChI is InChI=1S/C14H17N3/c1-4-11-8-13(15)17-14(16-11)12-6-5-9(2)7-10(12)3/h5-8H,4H2,1-3H3,(H2,15,16,17). The van der Waals surface area contributed by atoms with Crippen LogP contribution in [0.25, 0.3) is 11.4 Å². The van der Waals surface area contributed by atoms with Gasteiger partial charge in [0, 0.05) is 17.3 Å². The van der Waals surface area contributed by atoms with Gasteiger partial charge in [0.15, 0.2) is 5.82 Å². The van der Waals surface area contributed by atoms with Crippen molar-refractivity contribution in [3.05, 3.63) is 41.1 Å². The van der Waals surface area contributed by atoms with Gasteiger partial charge in [-0.2, -0.15) is 0 Å². The Morgan fingerprint density at radius 1 is 1.12 bits per heavy atom. The first kappa shape index (κ1) is 11.6. The van der Waals surface area contributed by atoms with Crippen LogP contribution >= 0.6 is 0 Å². The van der Waals surface area contributed by atoms with Crippen molar-refractivity contribution in [1.29, 1.82) is 0 Å². The van der Waals surface area contributed by atoms with Crippen molar-refractivity contribution >= 4 is 5.82 Å². The van der Waals surface area contributed by atoms with E-state index in [2.05, 4.69) is 48.9 Å². The zero-order valence-corrected chi connectivity index (χ0v) is 10.5. The van der Waals surface area contributed by atoms with Crippen LogP contribution in [-0.4, -0.2) is 9.97 Å². The number of hydrogen-bond donors (Lipinski definition) is 1. The molecule has 1 heterocycles. The predicted molar refractivity (Wildman–Crippen MR) is 70.7 cm³/mol. The molecule has 88 valence electrons. The molecule has 0 radical (unpaired) electrons. The van der Waals surface area contributed by atoms with Gasteiger partial charge in [0.05, 0.1) is 0 Å². The fraction of sp³-hybridized carbons (Fsp3) is 0.286. The molecule has 3 nitrogen and oxygen atoms in total. The molecular weight excluding hydrogens is 210 g/mol. The average Bonchev–Trinajstić information content (AvgIpc) is 2.28. The summed E-state index contributed by atoms with van der Waals surface area (Å²) in [6.45, 7) is 6.21. The topological polar surface area (TPSA) is 51.8 Å². The molecule has 1 aromatic heterocycles. The summed E-state index contributed by atoms with van der Waals surface area (Å²) in [5.41, 5.74) is 10.3. The van der Waals surface area contributed by atoms with Crippen molar-refractivity contribution in [2.24, 2.45) is 0 Å².